The Morgan fingerprint density at radius 1 is 1.38 bits per heavy atom. The first-order chi connectivity index (χ1) is 9.82. The fraction of sp³-hybridized carbons (Fsp3) is 0.571. The average molecular weight is 299 g/mol. The lowest BCUT2D eigenvalue weighted by molar-refractivity contribution is -0.141. The molecule has 0 spiro atoms. The number of anilines is 1. The molecule has 0 atom stereocenters. The predicted molar refractivity (Wildman–Crippen MR) is 70.6 cm³/mol. The van der Waals surface area contributed by atoms with E-state index in [1.54, 1.807) is 0 Å². The number of pyridine rings is 1. The molecule has 2 aliphatic rings. The van der Waals surface area contributed by atoms with E-state index in [0.717, 1.165) is 25.0 Å². The number of nitrogens with two attached hydrogens (primary N) is 1. The standard InChI is InChI=1S/C14H16F3N3O/c15-14(16,17)10-4-3-9(11(18)21)12(20-10)19-7-13(5-6-13)8-1-2-8/h3-4,8H,1-2,5-7H2,(H2,18,21)(H,19,20). The maximum atomic E-state index is 12.7. The van der Waals surface area contributed by atoms with E-state index >= 15 is 0 Å². The van der Waals surface area contributed by atoms with Crippen LogP contribution in [0.3, 0.4) is 0 Å². The molecule has 2 fully saturated rings. The molecule has 0 aliphatic heterocycles. The number of halogens is 3. The summed E-state index contributed by atoms with van der Waals surface area (Å²) >= 11 is 0. The zero-order chi connectivity index (χ0) is 15.3. The summed E-state index contributed by atoms with van der Waals surface area (Å²) in [6.07, 6.45) is -0.0216. The summed E-state index contributed by atoms with van der Waals surface area (Å²) in [5, 5.41) is 2.92. The van der Waals surface area contributed by atoms with Crippen LogP contribution in [0, 0.1) is 11.3 Å². The molecule has 0 bridgehead atoms. The van der Waals surface area contributed by atoms with Gasteiger partial charge >= 0.3 is 6.18 Å². The van der Waals surface area contributed by atoms with Gasteiger partial charge < -0.3 is 11.1 Å². The fourth-order valence-corrected chi connectivity index (χ4v) is 2.80. The summed E-state index contributed by atoms with van der Waals surface area (Å²) in [7, 11) is 0. The molecule has 1 aromatic rings. The SMILES string of the molecule is NC(=O)c1ccc(C(F)(F)F)nc1NCC1(C2CC2)CC1. The van der Waals surface area contributed by atoms with Crippen molar-refractivity contribution in [3.63, 3.8) is 0 Å². The van der Waals surface area contributed by atoms with Gasteiger partial charge in [0.2, 0.25) is 0 Å². The lowest BCUT2D eigenvalue weighted by Crippen LogP contribution is -2.22. The number of aromatic nitrogens is 1. The number of nitrogens with zero attached hydrogens (tertiary/aromatic N) is 1. The van der Waals surface area contributed by atoms with Crippen molar-refractivity contribution in [1.29, 1.82) is 0 Å². The third-order valence-corrected chi connectivity index (χ3v) is 4.39. The van der Waals surface area contributed by atoms with Gasteiger partial charge in [-0.2, -0.15) is 13.2 Å². The molecule has 1 amide bonds. The van der Waals surface area contributed by atoms with Crippen molar-refractivity contribution >= 4 is 11.7 Å². The minimum Gasteiger partial charge on any atom is -0.369 e. The normalized spacial score (nSPS) is 20.1. The molecular weight excluding hydrogens is 283 g/mol. The summed E-state index contributed by atoms with van der Waals surface area (Å²) in [4.78, 5) is 14.9. The third-order valence-electron chi connectivity index (χ3n) is 4.39. The Morgan fingerprint density at radius 2 is 2.05 bits per heavy atom. The van der Waals surface area contributed by atoms with E-state index in [1.807, 2.05) is 0 Å². The van der Waals surface area contributed by atoms with E-state index < -0.39 is 17.8 Å². The van der Waals surface area contributed by atoms with Gasteiger partial charge in [0, 0.05) is 6.54 Å². The number of nitrogens with one attached hydrogen (secondary N) is 1. The van der Waals surface area contributed by atoms with Gasteiger partial charge in [-0.15, -0.1) is 0 Å². The van der Waals surface area contributed by atoms with Gasteiger partial charge in [-0.05, 0) is 49.1 Å². The topological polar surface area (TPSA) is 68.0 Å². The molecule has 2 aliphatic carbocycles. The van der Waals surface area contributed by atoms with Gasteiger partial charge in [-0.25, -0.2) is 4.98 Å². The number of rotatable bonds is 5. The molecule has 0 aromatic carbocycles. The van der Waals surface area contributed by atoms with Gasteiger partial charge in [0.25, 0.3) is 5.91 Å². The van der Waals surface area contributed by atoms with Crippen LogP contribution in [0.1, 0.15) is 41.7 Å². The summed E-state index contributed by atoms with van der Waals surface area (Å²) in [5.74, 6) is -0.188. The Morgan fingerprint density at radius 3 is 2.52 bits per heavy atom. The van der Waals surface area contributed by atoms with Gasteiger partial charge in [0.05, 0.1) is 5.56 Å². The molecule has 0 radical (unpaired) electrons. The first-order valence-electron chi connectivity index (χ1n) is 6.94. The molecule has 1 heterocycles. The van der Waals surface area contributed by atoms with E-state index in [0.29, 0.717) is 12.5 Å². The smallest absolute Gasteiger partial charge is 0.369 e. The molecule has 2 saturated carbocycles. The second-order valence-corrected chi connectivity index (χ2v) is 5.94. The second kappa shape index (κ2) is 4.61. The Kier molecular flexibility index (Phi) is 3.11. The zero-order valence-electron chi connectivity index (χ0n) is 11.3. The van der Waals surface area contributed by atoms with E-state index in [1.165, 1.54) is 12.8 Å². The first-order valence-corrected chi connectivity index (χ1v) is 6.94. The monoisotopic (exact) mass is 299 g/mol. The summed E-state index contributed by atoms with van der Waals surface area (Å²) in [6, 6.07) is 1.86. The van der Waals surface area contributed by atoms with Crippen LogP contribution in [0.5, 0.6) is 0 Å². The minimum atomic E-state index is -4.54. The van der Waals surface area contributed by atoms with Crippen LogP contribution in [-0.2, 0) is 6.18 Å². The van der Waals surface area contributed by atoms with Crippen molar-refractivity contribution < 1.29 is 18.0 Å². The van der Waals surface area contributed by atoms with Crippen LogP contribution >= 0.6 is 0 Å². The maximum absolute atomic E-state index is 12.7. The second-order valence-electron chi connectivity index (χ2n) is 5.94. The number of primary amides is 1. The predicted octanol–water partition coefficient (Wildman–Crippen LogP) is 2.80. The van der Waals surface area contributed by atoms with E-state index in [9.17, 15) is 18.0 Å². The summed E-state index contributed by atoms with van der Waals surface area (Å²) < 4.78 is 38.2. The Bertz CT molecular complexity index is 577. The van der Waals surface area contributed by atoms with E-state index in [4.69, 9.17) is 5.73 Å². The molecule has 4 nitrogen and oxygen atoms in total. The highest BCUT2D eigenvalue weighted by atomic mass is 19.4. The lowest BCUT2D eigenvalue weighted by Gasteiger charge is -2.17. The van der Waals surface area contributed by atoms with Crippen molar-refractivity contribution in [3.05, 3.63) is 23.4 Å². The van der Waals surface area contributed by atoms with E-state index in [-0.39, 0.29) is 16.8 Å². The first kappa shape index (κ1) is 14.2. The van der Waals surface area contributed by atoms with Crippen LogP contribution in [0.25, 0.3) is 0 Å². The highest BCUT2D eigenvalue weighted by Crippen LogP contribution is 2.61. The number of hydrogen-bond acceptors (Lipinski definition) is 3. The average Bonchev–Trinajstić information content (AvgIpc) is 3.25. The Balaban J connectivity index is 1.82. The molecule has 21 heavy (non-hydrogen) atoms. The number of carbonyl (C=O) groups is 1. The largest absolute Gasteiger partial charge is 0.433 e. The van der Waals surface area contributed by atoms with E-state index in [2.05, 4.69) is 10.3 Å². The Labute approximate surface area is 119 Å². The molecule has 3 rings (SSSR count). The van der Waals surface area contributed by atoms with Crippen molar-refractivity contribution in [3.8, 4) is 0 Å². The van der Waals surface area contributed by atoms with Crippen LogP contribution in [-0.4, -0.2) is 17.4 Å². The van der Waals surface area contributed by atoms with Crippen LogP contribution in [0.4, 0.5) is 19.0 Å². The zero-order valence-corrected chi connectivity index (χ0v) is 11.3. The fourth-order valence-electron chi connectivity index (χ4n) is 2.80. The minimum absolute atomic E-state index is 0.00500. The van der Waals surface area contributed by atoms with Gasteiger partial charge in [-0.1, -0.05) is 0 Å². The highest BCUT2D eigenvalue weighted by Gasteiger charge is 2.53. The summed E-state index contributed by atoms with van der Waals surface area (Å²) in [5.41, 5.74) is 4.36. The maximum Gasteiger partial charge on any atom is 0.433 e. The van der Waals surface area contributed by atoms with Crippen molar-refractivity contribution in [1.82, 2.24) is 4.98 Å². The number of amides is 1. The van der Waals surface area contributed by atoms with Crippen LogP contribution < -0.4 is 11.1 Å². The molecule has 7 heteroatoms. The molecule has 3 N–H and O–H groups in total. The van der Waals surface area contributed by atoms with Gasteiger partial charge in [-0.3, -0.25) is 4.79 Å². The van der Waals surface area contributed by atoms with Gasteiger partial charge in [0.1, 0.15) is 11.5 Å². The van der Waals surface area contributed by atoms with Crippen LogP contribution in [0.2, 0.25) is 0 Å². The number of carbonyl (C=O) groups excluding carboxylic acids is 1. The third kappa shape index (κ3) is 2.82. The molecule has 0 unspecified atom stereocenters. The number of alkyl halides is 3. The molecular formula is C14H16F3N3O. The Hall–Kier alpha value is -1.79. The summed E-state index contributed by atoms with van der Waals surface area (Å²) in [6.45, 7) is 0.548. The highest BCUT2D eigenvalue weighted by molar-refractivity contribution is 5.97. The van der Waals surface area contributed by atoms with Crippen molar-refractivity contribution in [2.24, 2.45) is 17.1 Å². The van der Waals surface area contributed by atoms with Gasteiger partial charge in [0.15, 0.2) is 0 Å². The van der Waals surface area contributed by atoms with Crippen LogP contribution in [0.15, 0.2) is 12.1 Å². The molecule has 1 aromatic heterocycles. The number of hydrogen-bond donors (Lipinski definition) is 2. The molecule has 114 valence electrons. The van der Waals surface area contributed by atoms with Crippen molar-refractivity contribution in [2.45, 2.75) is 31.9 Å². The quantitative estimate of drug-likeness (QED) is 0.878. The lowest BCUT2D eigenvalue weighted by atomic mass is 10.0. The van der Waals surface area contributed by atoms with Crippen molar-refractivity contribution in [2.75, 3.05) is 11.9 Å². The molecule has 0 saturated heterocycles.